The number of nitrogens with two attached hydrogens (primary N) is 2. The monoisotopic (exact) mass is 234 g/mol. The van der Waals surface area contributed by atoms with E-state index in [2.05, 4.69) is 5.32 Å². The van der Waals surface area contributed by atoms with E-state index in [1.807, 2.05) is 0 Å². The van der Waals surface area contributed by atoms with Crippen LogP contribution < -0.4 is 16.8 Å². The van der Waals surface area contributed by atoms with E-state index in [0.29, 0.717) is 13.0 Å². The highest BCUT2D eigenvalue weighted by molar-refractivity contribution is 5.85. The molecule has 0 radical (unpaired) electrons. The lowest BCUT2D eigenvalue weighted by Crippen LogP contribution is -2.32. The molecule has 0 aliphatic heterocycles. The van der Waals surface area contributed by atoms with Crippen LogP contribution in [-0.4, -0.2) is 25.2 Å². The molecule has 0 saturated heterocycles. The number of rotatable bonds is 5. The fraction of sp³-hybridized carbons (Fsp3) is 0.833. The molecule has 1 unspecified atom stereocenters. The van der Waals surface area contributed by atoms with Crippen LogP contribution >= 0.6 is 24.8 Å². The van der Waals surface area contributed by atoms with Crippen LogP contribution in [0.5, 0.6) is 0 Å². The standard InChI is InChI=1S/C6H15FN4.2ClH/c7-4-5(8)2-1-3-11-6(9)10;;/h5H,1-4,8H2,(H4,9,10,11);2*1H. The highest BCUT2D eigenvalue weighted by atomic mass is 35.5. The van der Waals surface area contributed by atoms with Crippen molar-refractivity contribution in [2.75, 3.05) is 13.2 Å². The topological polar surface area (TPSA) is 87.9 Å². The lowest BCUT2D eigenvalue weighted by Gasteiger charge is -2.06. The van der Waals surface area contributed by atoms with Gasteiger partial charge in [-0.05, 0) is 12.8 Å². The normalized spacial score (nSPS) is 10.6. The maximum Gasteiger partial charge on any atom is 0.185 e. The van der Waals surface area contributed by atoms with E-state index < -0.39 is 6.67 Å². The predicted octanol–water partition coefficient (Wildman–Crippen LogP) is 0.390. The Labute approximate surface area is 90.0 Å². The van der Waals surface area contributed by atoms with Gasteiger partial charge in [-0.15, -0.1) is 24.8 Å². The molecular formula is C6H17Cl2FN4. The Morgan fingerprint density at radius 3 is 2.38 bits per heavy atom. The van der Waals surface area contributed by atoms with Crippen molar-refractivity contribution >= 4 is 30.8 Å². The van der Waals surface area contributed by atoms with Crippen LogP contribution in [0.3, 0.4) is 0 Å². The molecule has 1 atom stereocenters. The first-order valence-electron chi connectivity index (χ1n) is 3.56. The molecule has 4 nitrogen and oxygen atoms in total. The van der Waals surface area contributed by atoms with Crippen molar-refractivity contribution in [1.29, 1.82) is 5.41 Å². The molecule has 13 heavy (non-hydrogen) atoms. The number of halogens is 3. The van der Waals surface area contributed by atoms with E-state index in [1.54, 1.807) is 0 Å². The molecule has 0 aromatic rings. The third-order valence-corrected chi connectivity index (χ3v) is 1.27. The Hall–Kier alpha value is -0.260. The predicted molar refractivity (Wildman–Crippen MR) is 57.6 cm³/mol. The van der Waals surface area contributed by atoms with E-state index >= 15 is 0 Å². The maximum absolute atomic E-state index is 11.8. The Bertz CT molecular complexity index is 125. The first kappa shape index (κ1) is 18.5. The van der Waals surface area contributed by atoms with Gasteiger partial charge in [0.2, 0.25) is 0 Å². The van der Waals surface area contributed by atoms with Gasteiger partial charge in [0.15, 0.2) is 5.96 Å². The van der Waals surface area contributed by atoms with Crippen LogP contribution in [0.1, 0.15) is 12.8 Å². The van der Waals surface area contributed by atoms with Crippen LogP contribution in [0.4, 0.5) is 4.39 Å². The molecule has 7 heteroatoms. The van der Waals surface area contributed by atoms with E-state index in [4.69, 9.17) is 16.9 Å². The molecule has 0 heterocycles. The molecule has 0 amide bonds. The Kier molecular flexibility index (Phi) is 16.7. The summed E-state index contributed by atoms with van der Waals surface area (Å²) in [7, 11) is 0. The maximum atomic E-state index is 11.8. The average Bonchev–Trinajstić information content (AvgIpc) is 1.97. The fourth-order valence-corrected chi connectivity index (χ4v) is 0.664. The molecule has 0 aromatic heterocycles. The van der Waals surface area contributed by atoms with Gasteiger partial charge in [0.1, 0.15) is 6.67 Å². The van der Waals surface area contributed by atoms with Crippen LogP contribution in [0, 0.1) is 5.41 Å². The van der Waals surface area contributed by atoms with Gasteiger partial charge in [-0.1, -0.05) is 0 Å². The number of hydrogen-bond acceptors (Lipinski definition) is 2. The molecule has 0 spiro atoms. The van der Waals surface area contributed by atoms with Gasteiger partial charge in [-0.3, -0.25) is 5.41 Å². The first-order valence-corrected chi connectivity index (χ1v) is 3.56. The second-order valence-electron chi connectivity index (χ2n) is 2.40. The Morgan fingerprint density at radius 1 is 1.46 bits per heavy atom. The van der Waals surface area contributed by atoms with E-state index in [0.717, 1.165) is 6.42 Å². The van der Waals surface area contributed by atoms with Crippen molar-refractivity contribution in [3.63, 3.8) is 0 Å². The molecule has 0 bridgehead atoms. The zero-order chi connectivity index (χ0) is 8.69. The molecular weight excluding hydrogens is 218 g/mol. The number of nitrogens with one attached hydrogen (secondary N) is 2. The number of guanidine groups is 1. The smallest absolute Gasteiger partial charge is 0.185 e. The summed E-state index contributed by atoms with van der Waals surface area (Å²) in [5.74, 6) is -0.0566. The van der Waals surface area contributed by atoms with Gasteiger partial charge in [-0.25, -0.2) is 4.39 Å². The average molecular weight is 235 g/mol. The second kappa shape index (κ2) is 11.7. The van der Waals surface area contributed by atoms with E-state index in [1.165, 1.54) is 0 Å². The van der Waals surface area contributed by atoms with E-state index in [9.17, 15) is 4.39 Å². The number of alkyl halides is 1. The fourth-order valence-electron chi connectivity index (χ4n) is 0.664. The molecule has 0 saturated carbocycles. The van der Waals surface area contributed by atoms with Crippen molar-refractivity contribution in [2.45, 2.75) is 18.9 Å². The molecule has 0 aliphatic carbocycles. The molecule has 82 valence electrons. The summed E-state index contributed by atoms with van der Waals surface area (Å²) in [6.45, 7) is 0.100. The summed E-state index contributed by atoms with van der Waals surface area (Å²) in [6.07, 6.45) is 1.36. The lowest BCUT2D eigenvalue weighted by molar-refractivity contribution is 0.407. The first-order chi connectivity index (χ1) is 5.16. The van der Waals surface area contributed by atoms with Crippen molar-refractivity contribution in [3.05, 3.63) is 0 Å². The lowest BCUT2D eigenvalue weighted by atomic mass is 10.2. The van der Waals surface area contributed by atoms with Crippen molar-refractivity contribution in [3.8, 4) is 0 Å². The van der Waals surface area contributed by atoms with Gasteiger partial charge in [0.25, 0.3) is 0 Å². The molecule has 0 fully saturated rings. The van der Waals surface area contributed by atoms with Gasteiger partial charge < -0.3 is 16.8 Å². The van der Waals surface area contributed by atoms with Crippen LogP contribution in [0.25, 0.3) is 0 Å². The van der Waals surface area contributed by atoms with Gasteiger partial charge in [0, 0.05) is 12.6 Å². The molecule has 0 rings (SSSR count). The van der Waals surface area contributed by atoms with Crippen LogP contribution in [0.2, 0.25) is 0 Å². The summed E-state index contributed by atoms with van der Waals surface area (Å²) < 4.78 is 11.8. The van der Waals surface area contributed by atoms with E-state index in [-0.39, 0.29) is 36.8 Å². The van der Waals surface area contributed by atoms with Crippen molar-refractivity contribution < 1.29 is 4.39 Å². The zero-order valence-corrected chi connectivity index (χ0v) is 8.89. The van der Waals surface area contributed by atoms with Crippen molar-refractivity contribution in [1.82, 2.24) is 5.32 Å². The summed E-state index contributed by atoms with van der Waals surface area (Å²) in [5, 5.41) is 9.39. The summed E-state index contributed by atoms with van der Waals surface area (Å²) in [5.41, 5.74) is 10.3. The molecule has 6 N–H and O–H groups in total. The largest absolute Gasteiger partial charge is 0.370 e. The third kappa shape index (κ3) is 14.6. The van der Waals surface area contributed by atoms with Gasteiger partial charge >= 0.3 is 0 Å². The Morgan fingerprint density at radius 2 is 2.00 bits per heavy atom. The van der Waals surface area contributed by atoms with Gasteiger partial charge in [-0.2, -0.15) is 0 Å². The molecule has 0 aliphatic rings. The molecule has 0 aromatic carbocycles. The minimum Gasteiger partial charge on any atom is -0.370 e. The summed E-state index contributed by atoms with van der Waals surface area (Å²) >= 11 is 0. The van der Waals surface area contributed by atoms with Gasteiger partial charge in [0.05, 0.1) is 0 Å². The zero-order valence-electron chi connectivity index (χ0n) is 7.25. The SMILES string of the molecule is Cl.Cl.N=C(N)NCCCC(N)CF. The highest BCUT2D eigenvalue weighted by Gasteiger charge is 1.99. The van der Waals surface area contributed by atoms with Crippen molar-refractivity contribution in [2.24, 2.45) is 11.5 Å². The minimum absolute atomic E-state index is 0. The quantitative estimate of drug-likeness (QED) is 0.316. The highest BCUT2D eigenvalue weighted by Crippen LogP contribution is 1.92. The number of hydrogen-bond donors (Lipinski definition) is 4. The Balaban J connectivity index is -0.000000500. The van der Waals surface area contributed by atoms with Crippen LogP contribution in [0.15, 0.2) is 0 Å². The summed E-state index contributed by atoms with van der Waals surface area (Å²) in [4.78, 5) is 0. The van der Waals surface area contributed by atoms with Crippen LogP contribution in [-0.2, 0) is 0 Å². The third-order valence-electron chi connectivity index (χ3n) is 1.27. The summed E-state index contributed by atoms with van der Waals surface area (Å²) in [6, 6.07) is -0.372. The minimum atomic E-state index is -0.486. The second-order valence-corrected chi connectivity index (χ2v) is 2.40.